The molecule has 1 aliphatic rings. The highest BCUT2D eigenvalue weighted by Crippen LogP contribution is 2.21. The first-order valence-corrected chi connectivity index (χ1v) is 6.88. The third-order valence-corrected chi connectivity index (χ3v) is 4.01. The Hall–Kier alpha value is -1.47. The van der Waals surface area contributed by atoms with Crippen LogP contribution in [0.5, 0.6) is 0 Å². The Balaban J connectivity index is 1.55. The van der Waals surface area contributed by atoms with Crippen LogP contribution < -0.4 is 4.90 Å². The monoisotopic (exact) mass is 264 g/mol. The van der Waals surface area contributed by atoms with Gasteiger partial charge in [0.15, 0.2) is 0 Å². The number of piperazine rings is 1. The molecule has 0 bridgehead atoms. The molecule has 1 saturated heterocycles. The summed E-state index contributed by atoms with van der Waals surface area (Å²) in [6.07, 6.45) is 1.80. The number of aryl methyl sites for hydroxylation is 1. The van der Waals surface area contributed by atoms with Gasteiger partial charge in [0, 0.05) is 44.6 Å². The van der Waals surface area contributed by atoms with Crippen molar-refractivity contribution in [3.05, 3.63) is 23.0 Å². The zero-order valence-corrected chi connectivity index (χ0v) is 11.2. The van der Waals surface area contributed by atoms with E-state index in [0.29, 0.717) is 0 Å². The molecule has 0 saturated carbocycles. The highest BCUT2D eigenvalue weighted by Gasteiger charge is 2.19. The molecule has 0 aliphatic carbocycles. The van der Waals surface area contributed by atoms with Crippen LogP contribution in [0.25, 0.3) is 0 Å². The zero-order valence-electron chi connectivity index (χ0n) is 10.3. The maximum Gasteiger partial charge on any atom is 0.208 e. The molecule has 0 atom stereocenters. The SMILES string of the molecule is Cc1nnc(N2CCN(Cc3ccn[nH]3)CC2)s1. The number of hydrogen-bond donors (Lipinski definition) is 1. The van der Waals surface area contributed by atoms with Crippen LogP contribution in [0.4, 0.5) is 5.13 Å². The molecule has 7 heteroatoms. The van der Waals surface area contributed by atoms with Gasteiger partial charge in [-0.05, 0) is 13.0 Å². The Morgan fingerprint density at radius 1 is 1.28 bits per heavy atom. The van der Waals surface area contributed by atoms with E-state index in [2.05, 4.69) is 30.2 Å². The van der Waals surface area contributed by atoms with Crippen LogP contribution in [0, 0.1) is 6.92 Å². The van der Waals surface area contributed by atoms with E-state index in [-0.39, 0.29) is 0 Å². The van der Waals surface area contributed by atoms with Gasteiger partial charge in [-0.3, -0.25) is 10.00 Å². The molecule has 18 heavy (non-hydrogen) atoms. The smallest absolute Gasteiger partial charge is 0.208 e. The summed E-state index contributed by atoms with van der Waals surface area (Å²) in [6.45, 7) is 7.08. The Kier molecular flexibility index (Phi) is 3.24. The molecule has 0 spiro atoms. The van der Waals surface area contributed by atoms with Crippen LogP contribution in [0.2, 0.25) is 0 Å². The van der Waals surface area contributed by atoms with Gasteiger partial charge in [0.25, 0.3) is 0 Å². The normalized spacial score (nSPS) is 17.3. The molecule has 96 valence electrons. The second-order valence-electron chi connectivity index (χ2n) is 4.45. The number of rotatable bonds is 3. The van der Waals surface area contributed by atoms with E-state index < -0.39 is 0 Å². The van der Waals surface area contributed by atoms with Crippen molar-refractivity contribution in [2.45, 2.75) is 13.5 Å². The van der Waals surface area contributed by atoms with Gasteiger partial charge in [0.1, 0.15) is 5.01 Å². The molecule has 1 fully saturated rings. The molecule has 1 aliphatic heterocycles. The average Bonchev–Trinajstić information content (AvgIpc) is 3.02. The zero-order chi connectivity index (χ0) is 12.4. The van der Waals surface area contributed by atoms with Crippen LogP contribution in [0.3, 0.4) is 0 Å². The topological polar surface area (TPSA) is 60.9 Å². The number of anilines is 1. The highest BCUT2D eigenvalue weighted by molar-refractivity contribution is 7.15. The summed E-state index contributed by atoms with van der Waals surface area (Å²) < 4.78 is 0. The summed E-state index contributed by atoms with van der Waals surface area (Å²) in [5.74, 6) is 0. The van der Waals surface area contributed by atoms with Crippen LogP contribution >= 0.6 is 11.3 Å². The first-order valence-electron chi connectivity index (χ1n) is 6.07. The molecule has 2 aromatic rings. The van der Waals surface area contributed by atoms with E-state index in [1.165, 1.54) is 5.69 Å². The maximum absolute atomic E-state index is 4.20. The number of aromatic nitrogens is 4. The van der Waals surface area contributed by atoms with Crippen molar-refractivity contribution >= 4 is 16.5 Å². The molecule has 1 N–H and O–H groups in total. The minimum absolute atomic E-state index is 0.947. The van der Waals surface area contributed by atoms with Crippen LogP contribution in [0.1, 0.15) is 10.7 Å². The van der Waals surface area contributed by atoms with Crippen molar-refractivity contribution in [2.24, 2.45) is 0 Å². The van der Waals surface area contributed by atoms with Crippen LogP contribution in [0.15, 0.2) is 12.3 Å². The lowest BCUT2D eigenvalue weighted by Crippen LogP contribution is -2.46. The quantitative estimate of drug-likeness (QED) is 0.892. The Morgan fingerprint density at radius 3 is 2.72 bits per heavy atom. The molecule has 0 aromatic carbocycles. The first-order chi connectivity index (χ1) is 8.81. The predicted molar refractivity (Wildman–Crippen MR) is 70.7 cm³/mol. The first kappa shape index (κ1) is 11.6. The van der Waals surface area contributed by atoms with Gasteiger partial charge in [0.05, 0.1) is 0 Å². The summed E-state index contributed by atoms with van der Waals surface area (Å²) in [4.78, 5) is 4.74. The Bertz CT molecular complexity index is 485. The summed E-state index contributed by atoms with van der Waals surface area (Å²) in [6, 6.07) is 2.03. The van der Waals surface area contributed by atoms with Crippen molar-refractivity contribution in [3.63, 3.8) is 0 Å². The van der Waals surface area contributed by atoms with E-state index in [1.54, 1.807) is 17.5 Å². The fourth-order valence-electron chi connectivity index (χ4n) is 2.12. The molecular formula is C11H16N6S. The molecule has 3 rings (SSSR count). The van der Waals surface area contributed by atoms with E-state index in [1.807, 2.05) is 13.0 Å². The summed E-state index contributed by atoms with van der Waals surface area (Å²) in [5.41, 5.74) is 1.18. The largest absolute Gasteiger partial charge is 0.344 e. The predicted octanol–water partition coefficient (Wildman–Crippen LogP) is 0.892. The lowest BCUT2D eigenvalue weighted by molar-refractivity contribution is 0.247. The molecule has 6 nitrogen and oxygen atoms in total. The molecule has 0 amide bonds. The van der Waals surface area contributed by atoms with E-state index in [0.717, 1.165) is 42.9 Å². The van der Waals surface area contributed by atoms with Crippen molar-refractivity contribution in [3.8, 4) is 0 Å². The van der Waals surface area contributed by atoms with Gasteiger partial charge in [-0.2, -0.15) is 5.10 Å². The lowest BCUT2D eigenvalue weighted by atomic mass is 10.3. The molecule has 0 unspecified atom stereocenters. The van der Waals surface area contributed by atoms with E-state index in [4.69, 9.17) is 0 Å². The number of nitrogens with one attached hydrogen (secondary N) is 1. The minimum Gasteiger partial charge on any atom is -0.344 e. The van der Waals surface area contributed by atoms with Crippen molar-refractivity contribution in [2.75, 3.05) is 31.1 Å². The Morgan fingerprint density at radius 2 is 2.11 bits per heavy atom. The summed E-state index contributed by atoms with van der Waals surface area (Å²) in [7, 11) is 0. The van der Waals surface area contributed by atoms with Gasteiger partial charge in [-0.15, -0.1) is 10.2 Å². The van der Waals surface area contributed by atoms with Crippen molar-refractivity contribution in [1.29, 1.82) is 0 Å². The molecule has 2 aromatic heterocycles. The lowest BCUT2D eigenvalue weighted by Gasteiger charge is -2.33. The van der Waals surface area contributed by atoms with Gasteiger partial charge in [-0.25, -0.2) is 0 Å². The third kappa shape index (κ3) is 2.51. The van der Waals surface area contributed by atoms with Gasteiger partial charge >= 0.3 is 0 Å². The number of nitrogens with zero attached hydrogens (tertiary/aromatic N) is 5. The Labute approximate surface area is 110 Å². The van der Waals surface area contributed by atoms with Crippen LogP contribution in [-0.4, -0.2) is 51.5 Å². The van der Waals surface area contributed by atoms with Gasteiger partial charge < -0.3 is 4.90 Å². The number of aromatic amines is 1. The average molecular weight is 264 g/mol. The van der Waals surface area contributed by atoms with Crippen molar-refractivity contribution < 1.29 is 0 Å². The molecule has 3 heterocycles. The third-order valence-electron chi connectivity index (χ3n) is 3.11. The number of H-pyrrole nitrogens is 1. The summed E-state index contributed by atoms with van der Waals surface area (Å²) in [5, 5.41) is 17.3. The van der Waals surface area contributed by atoms with Gasteiger partial charge in [-0.1, -0.05) is 11.3 Å². The fourth-order valence-corrected chi connectivity index (χ4v) is 2.86. The van der Waals surface area contributed by atoms with Crippen LogP contribution in [-0.2, 0) is 6.54 Å². The van der Waals surface area contributed by atoms with Gasteiger partial charge in [0.2, 0.25) is 5.13 Å². The second kappa shape index (κ2) is 5.03. The highest BCUT2D eigenvalue weighted by atomic mass is 32.1. The van der Waals surface area contributed by atoms with Crippen molar-refractivity contribution in [1.82, 2.24) is 25.3 Å². The molecular weight excluding hydrogens is 248 g/mol. The standard InChI is InChI=1S/C11H16N6S/c1-9-13-15-11(18-9)17-6-4-16(5-7-17)8-10-2-3-12-14-10/h2-3H,4-8H2,1H3,(H,12,14). The second-order valence-corrected chi connectivity index (χ2v) is 5.61. The van der Waals surface area contributed by atoms with E-state index in [9.17, 15) is 0 Å². The fraction of sp³-hybridized carbons (Fsp3) is 0.545. The summed E-state index contributed by atoms with van der Waals surface area (Å²) >= 11 is 1.67. The van der Waals surface area contributed by atoms with E-state index >= 15 is 0 Å². The number of hydrogen-bond acceptors (Lipinski definition) is 6. The molecule has 0 radical (unpaired) electrons. The maximum atomic E-state index is 4.20. The minimum atomic E-state index is 0.947.